The van der Waals surface area contributed by atoms with E-state index < -0.39 is 0 Å². The van der Waals surface area contributed by atoms with Crippen molar-refractivity contribution in [2.45, 2.75) is 36.2 Å². The smallest absolute Gasteiger partial charge is 0.192 e. The maximum absolute atomic E-state index is 12.1. The van der Waals surface area contributed by atoms with E-state index in [1.807, 2.05) is 42.5 Å². The Morgan fingerprint density at radius 3 is 2.58 bits per heavy atom. The summed E-state index contributed by atoms with van der Waals surface area (Å²) in [5, 5.41) is 10.2. The quantitative estimate of drug-likeness (QED) is 0.631. The fraction of sp³-hybridized carbons (Fsp3) is 0.250. The van der Waals surface area contributed by atoms with E-state index in [-0.39, 0.29) is 5.25 Å². The van der Waals surface area contributed by atoms with Crippen LogP contribution in [0.3, 0.4) is 0 Å². The highest BCUT2D eigenvalue weighted by molar-refractivity contribution is 8.00. The highest BCUT2D eigenvalue weighted by Gasteiger charge is 2.28. The summed E-state index contributed by atoms with van der Waals surface area (Å²) in [6, 6.07) is 17.8. The van der Waals surface area contributed by atoms with Crippen LogP contribution in [-0.4, -0.2) is 25.8 Å². The van der Waals surface area contributed by atoms with E-state index in [2.05, 4.69) is 26.9 Å². The number of rotatable bonds is 5. The van der Waals surface area contributed by atoms with E-state index in [9.17, 15) is 4.79 Å². The van der Waals surface area contributed by atoms with Crippen molar-refractivity contribution in [3.63, 3.8) is 0 Å². The highest BCUT2D eigenvalue weighted by atomic mass is 35.5. The largest absolute Gasteiger partial charge is 0.298 e. The first-order chi connectivity index (χ1) is 12.7. The third-order valence-electron chi connectivity index (χ3n) is 4.51. The van der Waals surface area contributed by atoms with Crippen LogP contribution in [-0.2, 0) is 11.3 Å². The second-order valence-electron chi connectivity index (χ2n) is 6.32. The maximum atomic E-state index is 12.1. The van der Waals surface area contributed by atoms with Gasteiger partial charge in [0.05, 0.1) is 16.8 Å². The highest BCUT2D eigenvalue weighted by Crippen LogP contribution is 2.35. The third kappa shape index (κ3) is 3.55. The molecule has 0 amide bonds. The summed E-state index contributed by atoms with van der Waals surface area (Å²) in [5.41, 5.74) is 2.00. The van der Waals surface area contributed by atoms with Crippen molar-refractivity contribution < 1.29 is 4.79 Å². The number of Topliss-reactive ketones (excluding diaryl/α,β-unsaturated/α-hetero) is 1. The van der Waals surface area contributed by atoms with E-state index in [1.165, 1.54) is 11.8 Å². The van der Waals surface area contributed by atoms with Crippen LogP contribution >= 0.6 is 23.4 Å². The van der Waals surface area contributed by atoms with Crippen LogP contribution in [0.25, 0.3) is 11.4 Å². The number of nitrogens with zero attached hydrogens (tertiary/aromatic N) is 3. The average molecular weight is 384 g/mol. The van der Waals surface area contributed by atoms with Gasteiger partial charge in [-0.2, -0.15) is 0 Å². The summed E-state index contributed by atoms with van der Waals surface area (Å²) in [4.78, 5) is 12.1. The summed E-state index contributed by atoms with van der Waals surface area (Å²) in [6.07, 6.45) is 2.53. The average Bonchev–Trinajstić information content (AvgIpc) is 3.24. The molecule has 0 aliphatic heterocycles. The second kappa shape index (κ2) is 7.64. The van der Waals surface area contributed by atoms with Gasteiger partial charge in [-0.25, -0.2) is 0 Å². The molecule has 26 heavy (non-hydrogen) atoms. The predicted octanol–water partition coefficient (Wildman–Crippen LogP) is 4.86. The molecular weight excluding hydrogens is 366 g/mol. The fourth-order valence-electron chi connectivity index (χ4n) is 3.16. The lowest BCUT2D eigenvalue weighted by molar-refractivity contribution is -0.116. The summed E-state index contributed by atoms with van der Waals surface area (Å²) >= 11 is 7.92. The molecule has 2 aromatic carbocycles. The molecule has 1 saturated carbocycles. The Kier molecular flexibility index (Phi) is 5.09. The van der Waals surface area contributed by atoms with Gasteiger partial charge in [0.2, 0.25) is 0 Å². The maximum Gasteiger partial charge on any atom is 0.192 e. The Morgan fingerprint density at radius 1 is 1.08 bits per heavy atom. The zero-order valence-electron chi connectivity index (χ0n) is 14.1. The first kappa shape index (κ1) is 17.3. The van der Waals surface area contributed by atoms with Crippen LogP contribution < -0.4 is 0 Å². The third-order valence-corrected chi connectivity index (χ3v) is 6.14. The molecule has 4 rings (SSSR count). The van der Waals surface area contributed by atoms with Crippen LogP contribution in [0.2, 0.25) is 5.02 Å². The van der Waals surface area contributed by atoms with Crippen LogP contribution in [0.15, 0.2) is 59.8 Å². The SMILES string of the molecule is O=C1CCC[C@@H]1Sc1nnc(-c2ccccc2Cl)n1Cc1ccccc1. The molecule has 0 spiro atoms. The Balaban J connectivity index is 1.74. The summed E-state index contributed by atoms with van der Waals surface area (Å²) < 4.78 is 2.06. The fourth-order valence-corrected chi connectivity index (χ4v) is 4.54. The second-order valence-corrected chi connectivity index (χ2v) is 7.90. The van der Waals surface area contributed by atoms with Crippen LogP contribution in [0, 0.1) is 0 Å². The number of aromatic nitrogens is 3. The lowest BCUT2D eigenvalue weighted by atomic mass is 10.2. The molecule has 4 nitrogen and oxygen atoms in total. The van der Waals surface area contributed by atoms with Crippen molar-refractivity contribution >= 4 is 29.1 Å². The molecule has 0 saturated heterocycles. The van der Waals surface area contributed by atoms with Gasteiger partial charge in [0, 0.05) is 12.0 Å². The molecule has 0 bridgehead atoms. The van der Waals surface area contributed by atoms with Crippen molar-refractivity contribution in [1.29, 1.82) is 0 Å². The molecule has 1 aliphatic rings. The zero-order chi connectivity index (χ0) is 17.9. The van der Waals surface area contributed by atoms with Crippen LogP contribution in [0.1, 0.15) is 24.8 Å². The lowest BCUT2D eigenvalue weighted by Gasteiger charge is -2.13. The van der Waals surface area contributed by atoms with E-state index in [0.717, 1.165) is 34.9 Å². The van der Waals surface area contributed by atoms with Gasteiger partial charge >= 0.3 is 0 Å². The monoisotopic (exact) mass is 383 g/mol. The van der Waals surface area contributed by atoms with Gasteiger partial charge in [-0.3, -0.25) is 9.36 Å². The summed E-state index contributed by atoms with van der Waals surface area (Å²) in [7, 11) is 0. The molecule has 6 heteroatoms. The van der Waals surface area contributed by atoms with Gasteiger partial charge in [0.15, 0.2) is 11.0 Å². The molecule has 1 heterocycles. The summed E-state index contributed by atoms with van der Waals surface area (Å²) in [6.45, 7) is 0.637. The molecule has 1 atom stereocenters. The molecule has 3 aromatic rings. The van der Waals surface area contributed by atoms with Gasteiger partial charge in [0.1, 0.15) is 5.78 Å². The van der Waals surface area contributed by atoms with Crippen molar-refractivity contribution in [3.05, 3.63) is 65.2 Å². The molecular formula is C20H18ClN3OS. The number of halogens is 1. The van der Waals surface area contributed by atoms with Gasteiger partial charge in [-0.15, -0.1) is 10.2 Å². The summed E-state index contributed by atoms with van der Waals surface area (Å²) in [5.74, 6) is 1.04. The Labute approximate surface area is 161 Å². The minimum Gasteiger partial charge on any atom is -0.298 e. The number of hydrogen-bond acceptors (Lipinski definition) is 4. The van der Waals surface area contributed by atoms with E-state index >= 15 is 0 Å². The molecule has 0 N–H and O–H groups in total. The topological polar surface area (TPSA) is 47.8 Å². The number of carbonyl (C=O) groups excluding carboxylic acids is 1. The number of benzene rings is 2. The van der Waals surface area contributed by atoms with Gasteiger partial charge < -0.3 is 0 Å². The number of carbonyl (C=O) groups is 1. The number of hydrogen-bond donors (Lipinski definition) is 0. The Hall–Kier alpha value is -2.11. The molecule has 132 valence electrons. The van der Waals surface area contributed by atoms with Crippen molar-refractivity contribution in [3.8, 4) is 11.4 Å². The van der Waals surface area contributed by atoms with E-state index in [0.29, 0.717) is 23.8 Å². The van der Waals surface area contributed by atoms with E-state index in [1.54, 1.807) is 0 Å². The van der Waals surface area contributed by atoms with Crippen LogP contribution in [0.4, 0.5) is 0 Å². The predicted molar refractivity (Wildman–Crippen MR) is 105 cm³/mol. The van der Waals surface area contributed by atoms with Gasteiger partial charge in [0.25, 0.3) is 0 Å². The number of thioether (sulfide) groups is 1. The Bertz CT molecular complexity index is 926. The normalized spacial score (nSPS) is 17.0. The Morgan fingerprint density at radius 2 is 1.85 bits per heavy atom. The standard InChI is InChI=1S/C20H18ClN3OS/c21-16-10-5-4-9-15(16)19-22-23-20(26-18-12-6-11-17(18)25)24(19)13-14-7-2-1-3-8-14/h1-5,7-10,18H,6,11-13H2/t18-/m0/s1. The number of ketones is 1. The van der Waals surface area contributed by atoms with Gasteiger partial charge in [-0.05, 0) is 30.5 Å². The van der Waals surface area contributed by atoms with Crippen molar-refractivity contribution in [1.82, 2.24) is 14.8 Å². The minimum atomic E-state index is -0.0205. The zero-order valence-corrected chi connectivity index (χ0v) is 15.7. The molecule has 0 radical (unpaired) electrons. The minimum absolute atomic E-state index is 0.0205. The lowest BCUT2D eigenvalue weighted by Crippen LogP contribution is -2.11. The molecule has 0 unspecified atom stereocenters. The van der Waals surface area contributed by atoms with Crippen molar-refractivity contribution in [2.24, 2.45) is 0 Å². The first-order valence-corrected chi connectivity index (χ1v) is 9.89. The van der Waals surface area contributed by atoms with E-state index in [4.69, 9.17) is 11.6 Å². The van der Waals surface area contributed by atoms with Crippen LogP contribution in [0.5, 0.6) is 0 Å². The molecule has 1 fully saturated rings. The molecule has 1 aliphatic carbocycles. The van der Waals surface area contributed by atoms with Crippen molar-refractivity contribution in [2.75, 3.05) is 0 Å². The van der Waals surface area contributed by atoms with Gasteiger partial charge in [-0.1, -0.05) is 65.8 Å². The first-order valence-electron chi connectivity index (χ1n) is 8.64. The molecule has 1 aromatic heterocycles.